The van der Waals surface area contributed by atoms with Gasteiger partial charge >= 0.3 is 0 Å². The van der Waals surface area contributed by atoms with Crippen molar-refractivity contribution in [3.05, 3.63) is 169 Å². The molecule has 3 heterocycles. The Bertz CT molecular complexity index is 3880. The van der Waals surface area contributed by atoms with Crippen molar-refractivity contribution in [3.8, 4) is 51.0 Å². The molecule has 0 unspecified atom stereocenters. The lowest BCUT2D eigenvalue weighted by atomic mass is 9.82. The van der Waals surface area contributed by atoms with Crippen molar-refractivity contribution in [2.45, 2.75) is 19.1 Å². The van der Waals surface area contributed by atoms with Crippen molar-refractivity contribution in [3.63, 3.8) is 0 Å². The Morgan fingerprint density at radius 1 is 0.585 bits per heavy atom. The van der Waals surface area contributed by atoms with Crippen molar-refractivity contribution < 1.29 is 26.3 Å². The molecular weight excluding hydrogens is 649 g/mol. The van der Waals surface area contributed by atoms with Gasteiger partial charge in [0.15, 0.2) is 11.6 Å². The second kappa shape index (κ2) is 11.1. The Kier molecular flexibility index (Phi) is 3.78. The van der Waals surface area contributed by atoms with Crippen LogP contribution in [0.15, 0.2) is 162 Å². The van der Waals surface area contributed by atoms with E-state index in [1.54, 1.807) is 24.3 Å². The Labute approximate surface area is 328 Å². The number of hydrogen-bond donors (Lipinski definition) is 0. The number of aromatic nitrogens is 4. The van der Waals surface area contributed by atoms with E-state index in [0.717, 1.165) is 26.5 Å². The lowest BCUT2D eigenvalue weighted by Crippen LogP contribution is -2.14. The summed E-state index contributed by atoms with van der Waals surface area (Å²) in [7, 11) is 0. The van der Waals surface area contributed by atoms with Gasteiger partial charge in [0, 0.05) is 40.7 Å². The fourth-order valence-electron chi connectivity index (χ4n) is 7.41. The topological polar surface area (TPSA) is 56.7 Å². The molecule has 3 aromatic heterocycles. The first-order chi connectivity index (χ1) is 32.7. The lowest BCUT2D eigenvalue weighted by Gasteiger charge is -2.21. The van der Waals surface area contributed by atoms with Crippen molar-refractivity contribution in [1.29, 1.82) is 0 Å². The molecule has 10 aromatic rings. The smallest absolute Gasteiger partial charge is 0.238 e. The molecule has 11 rings (SSSR count). The van der Waals surface area contributed by atoms with Gasteiger partial charge in [-0.25, -0.2) is 4.98 Å². The molecule has 0 atom stereocenters. The summed E-state index contributed by atoms with van der Waals surface area (Å²) in [5, 5.41) is 0.780. The quantitative estimate of drug-likeness (QED) is 0.184. The van der Waals surface area contributed by atoms with Crippen molar-refractivity contribution in [2.24, 2.45) is 0 Å². The number of fused-ring (bicyclic) bond motifs is 10. The summed E-state index contributed by atoms with van der Waals surface area (Å²) in [5.74, 6) is -0.265. The number of furan rings is 1. The number of nitrogens with zero attached hydrogens (tertiary/aromatic N) is 4. The molecule has 0 saturated heterocycles. The molecule has 0 aliphatic heterocycles. The van der Waals surface area contributed by atoms with Gasteiger partial charge in [-0.2, -0.15) is 9.97 Å². The number of benzene rings is 7. The van der Waals surface area contributed by atoms with Gasteiger partial charge in [0.05, 0.1) is 30.3 Å². The maximum atomic E-state index is 9.79. The van der Waals surface area contributed by atoms with E-state index in [9.17, 15) is 6.85 Å². The van der Waals surface area contributed by atoms with Gasteiger partial charge in [0.2, 0.25) is 5.95 Å². The minimum Gasteiger partial charge on any atom is -0.455 e. The van der Waals surface area contributed by atoms with Crippen LogP contribution in [0, 0.1) is 0 Å². The molecule has 0 N–H and O–H groups in total. The van der Waals surface area contributed by atoms with E-state index in [-0.39, 0.29) is 33.9 Å². The number of para-hydroxylation sites is 3. The van der Waals surface area contributed by atoms with E-state index in [1.807, 2.05) is 72.8 Å². The zero-order valence-corrected chi connectivity index (χ0v) is 27.4. The third-order valence-electron chi connectivity index (χ3n) is 9.79. The maximum absolute atomic E-state index is 9.79. The van der Waals surface area contributed by atoms with E-state index >= 15 is 0 Å². The van der Waals surface area contributed by atoms with Gasteiger partial charge < -0.3 is 4.42 Å². The molecule has 5 heteroatoms. The fourth-order valence-corrected chi connectivity index (χ4v) is 7.41. The van der Waals surface area contributed by atoms with Gasteiger partial charge in [0.1, 0.15) is 11.2 Å². The largest absolute Gasteiger partial charge is 0.455 e. The van der Waals surface area contributed by atoms with Crippen molar-refractivity contribution in [2.75, 3.05) is 0 Å². The van der Waals surface area contributed by atoms with Crippen LogP contribution in [0.4, 0.5) is 0 Å². The first-order valence-electron chi connectivity index (χ1n) is 24.7. The molecule has 250 valence electrons. The molecule has 1 aliphatic carbocycles. The molecule has 0 saturated carbocycles. The van der Waals surface area contributed by atoms with Gasteiger partial charge in [-0.1, -0.05) is 141 Å². The first kappa shape index (κ1) is 18.1. The van der Waals surface area contributed by atoms with Crippen molar-refractivity contribution >= 4 is 43.7 Å². The minimum absolute atomic E-state index is 0.0164. The molecule has 1 aliphatic rings. The number of hydrogen-bond acceptors (Lipinski definition) is 4. The SMILES string of the molecule is [2H]c1c([2H])c([2H])c2c(c1[2H])-c1c(c([2H])c([2H])c3c1c1c([2H])c([2H])c([2H])c([2H])c1n3-c1nc(-c3cccc(-c4ccccc4)c3)nc(-c3cccc4c3oc3ccccc34)n1)C2(C([2H])([2H])[2H])C([2H])([2H])[2H]. The normalized spacial score (nSPS) is 18.0. The van der Waals surface area contributed by atoms with E-state index in [0.29, 0.717) is 22.3 Å². The molecule has 5 nitrogen and oxygen atoms in total. The summed E-state index contributed by atoms with van der Waals surface area (Å²) >= 11 is 0. The monoisotopic (exact) mass is 696 g/mol. The predicted octanol–water partition coefficient (Wildman–Crippen LogP) is 12.2. The third kappa shape index (κ3) is 4.34. The van der Waals surface area contributed by atoms with Gasteiger partial charge in [-0.05, 0) is 63.7 Å². The van der Waals surface area contributed by atoms with E-state index in [4.69, 9.17) is 34.4 Å². The van der Waals surface area contributed by atoms with Crippen LogP contribution in [0.5, 0.6) is 0 Å². The molecule has 0 fully saturated rings. The maximum Gasteiger partial charge on any atom is 0.238 e. The summed E-state index contributed by atoms with van der Waals surface area (Å²) in [6.07, 6.45) is 0. The standard InChI is InChI=1S/C48H32N4O/c1-48(2)37-23-9-6-19-34(37)42-38(48)26-27-40-43(42)35-20-7-10-24-39(35)52(40)47-50-45(31-17-12-16-30(28-31)29-14-4-3-5-15-29)49-46(51-47)36-22-13-21-33-32-18-8-11-25-41(32)53-44(33)36/h3-28H,1-2H3/i1D3,2D3,6D,7D,9D,10D,19D,20D,23D,24D,26D,27D. The van der Waals surface area contributed by atoms with Crippen LogP contribution in [0.3, 0.4) is 0 Å². The van der Waals surface area contributed by atoms with Crippen LogP contribution < -0.4 is 0 Å². The summed E-state index contributed by atoms with van der Waals surface area (Å²) in [6.45, 7) is -7.32. The summed E-state index contributed by atoms with van der Waals surface area (Å²) in [5.41, 5.74) is -3.39. The fraction of sp³-hybridized carbons (Fsp3) is 0.0625. The Morgan fingerprint density at radius 2 is 1.34 bits per heavy atom. The second-order valence-electron chi connectivity index (χ2n) is 12.8. The highest BCUT2D eigenvalue weighted by Crippen LogP contribution is 2.53. The molecule has 0 amide bonds. The van der Waals surface area contributed by atoms with Gasteiger partial charge in [-0.3, -0.25) is 4.57 Å². The zero-order valence-electron chi connectivity index (χ0n) is 43.4. The minimum atomic E-state index is -3.66. The van der Waals surface area contributed by atoms with E-state index in [1.165, 1.54) is 0 Å². The van der Waals surface area contributed by atoms with Crippen LogP contribution in [0.1, 0.15) is 46.8 Å². The molecule has 0 spiro atoms. The van der Waals surface area contributed by atoms with E-state index < -0.39 is 107 Å². The number of rotatable bonds is 4. The average Bonchev–Trinajstić information content (AvgIpc) is 4.01. The van der Waals surface area contributed by atoms with Crippen LogP contribution in [-0.2, 0) is 5.41 Å². The van der Waals surface area contributed by atoms with Crippen molar-refractivity contribution in [1.82, 2.24) is 19.5 Å². The third-order valence-corrected chi connectivity index (χ3v) is 9.79. The van der Waals surface area contributed by atoms with E-state index in [2.05, 4.69) is 0 Å². The van der Waals surface area contributed by atoms with Gasteiger partial charge in [-0.15, -0.1) is 0 Å². The molecule has 0 bridgehead atoms. The summed E-state index contributed by atoms with van der Waals surface area (Å²) in [4.78, 5) is 14.9. The molecule has 53 heavy (non-hydrogen) atoms. The first-order valence-corrected chi connectivity index (χ1v) is 16.7. The Morgan fingerprint density at radius 3 is 2.26 bits per heavy atom. The van der Waals surface area contributed by atoms with Gasteiger partial charge in [0.25, 0.3) is 0 Å². The summed E-state index contributed by atoms with van der Waals surface area (Å²) < 4.78 is 153. The molecule has 0 radical (unpaired) electrons. The second-order valence-corrected chi connectivity index (χ2v) is 12.8. The Balaban J connectivity index is 1.36. The highest BCUT2D eigenvalue weighted by Gasteiger charge is 2.37. The highest BCUT2D eigenvalue weighted by atomic mass is 16.3. The zero-order chi connectivity index (χ0) is 49.0. The van der Waals surface area contributed by atoms with Crippen LogP contribution in [-0.4, -0.2) is 19.5 Å². The predicted molar refractivity (Wildman–Crippen MR) is 215 cm³/mol. The van der Waals surface area contributed by atoms with Crippen LogP contribution in [0.2, 0.25) is 0 Å². The lowest BCUT2D eigenvalue weighted by molar-refractivity contribution is 0.661. The highest BCUT2D eigenvalue weighted by molar-refractivity contribution is 6.18. The molecular formula is C48H32N4O. The van der Waals surface area contributed by atoms with Crippen LogP contribution >= 0.6 is 0 Å². The molecule has 7 aromatic carbocycles. The average molecular weight is 697 g/mol. The van der Waals surface area contributed by atoms with Crippen LogP contribution in [0.25, 0.3) is 94.7 Å². The summed E-state index contributed by atoms with van der Waals surface area (Å²) in [6, 6.07) is 21.2. The Hall–Kier alpha value is -6.85.